The van der Waals surface area contributed by atoms with Crippen LogP contribution in [0.4, 0.5) is 0 Å². The fourth-order valence-corrected chi connectivity index (χ4v) is 2.72. The number of hydrogen-bond donors (Lipinski definition) is 0. The van der Waals surface area contributed by atoms with Crippen molar-refractivity contribution in [3.8, 4) is 11.3 Å². The Kier molecular flexibility index (Phi) is 1.86. The summed E-state index contributed by atoms with van der Waals surface area (Å²) in [6.45, 7) is 2.23. The van der Waals surface area contributed by atoms with E-state index in [1.807, 2.05) is 35.1 Å². The second-order valence-corrected chi connectivity index (χ2v) is 5.94. The highest BCUT2D eigenvalue weighted by Gasteiger charge is 2.43. The standard InChI is InChI=1S/C15H13N5O/c1-15(4-5-15)13-18-17-12-3-2-10(8-20(12)13)11-9-19-7-6-16-14(19)21-11/h2-3,6-9H,4-5H2,1H3. The molecule has 1 saturated carbocycles. The fourth-order valence-electron chi connectivity index (χ4n) is 2.72. The minimum absolute atomic E-state index is 0.176. The van der Waals surface area contributed by atoms with E-state index in [1.165, 1.54) is 12.8 Å². The molecular formula is C15H13N5O. The predicted octanol–water partition coefficient (Wildman–Crippen LogP) is 2.69. The molecule has 21 heavy (non-hydrogen) atoms. The number of oxazole rings is 1. The van der Waals surface area contributed by atoms with Crippen molar-refractivity contribution in [1.82, 2.24) is 24.0 Å². The Labute approximate surface area is 120 Å². The average Bonchev–Trinajstić information content (AvgIpc) is 2.89. The maximum Gasteiger partial charge on any atom is 0.306 e. The van der Waals surface area contributed by atoms with Gasteiger partial charge >= 0.3 is 5.84 Å². The summed E-state index contributed by atoms with van der Waals surface area (Å²) in [7, 11) is 0. The Hall–Kier alpha value is -2.63. The number of rotatable bonds is 2. The molecule has 1 aliphatic carbocycles. The van der Waals surface area contributed by atoms with Crippen LogP contribution in [-0.2, 0) is 5.41 Å². The molecule has 0 spiro atoms. The van der Waals surface area contributed by atoms with E-state index in [4.69, 9.17) is 4.42 Å². The third-order valence-corrected chi connectivity index (χ3v) is 4.32. The van der Waals surface area contributed by atoms with Gasteiger partial charge in [-0.15, -0.1) is 10.2 Å². The lowest BCUT2D eigenvalue weighted by Gasteiger charge is -2.06. The van der Waals surface area contributed by atoms with E-state index in [0.29, 0.717) is 5.84 Å². The van der Waals surface area contributed by atoms with E-state index in [-0.39, 0.29) is 5.41 Å². The first-order chi connectivity index (χ1) is 10.2. The van der Waals surface area contributed by atoms with Crippen molar-refractivity contribution in [1.29, 1.82) is 0 Å². The molecular weight excluding hydrogens is 266 g/mol. The molecule has 0 atom stereocenters. The molecule has 0 saturated heterocycles. The van der Waals surface area contributed by atoms with Crippen LogP contribution in [0.15, 0.2) is 41.3 Å². The van der Waals surface area contributed by atoms with Crippen LogP contribution in [0.5, 0.6) is 0 Å². The van der Waals surface area contributed by atoms with Crippen molar-refractivity contribution in [2.75, 3.05) is 0 Å². The molecule has 0 N–H and O–H groups in total. The van der Waals surface area contributed by atoms with E-state index >= 15 is 0 Å². The Balaban J connectivity index is 1.71. The van der Waals surface area contributed by atoms with Crippen LogP contribution in [0, 0.1) is 0 Å². The van der Waals surface area contributed by atoms with Crippen LogP contribution >= 0.6 is 0 Å². The first-order valence-electron chi connectivity index (χ1n) is 7.01. The summed E-state index contributed by atoms with van der Waals surface area (Å²) in [5, 5.41) is 8.62. The summed E-state index contributed by atoms with van der Waals surface area (Å²) in [6, 6.07) is 3.98. The lowest BCUT2D eigenvalue weighted by atomic mass is 10.1. The zero-order valence-electron chi connectivity index (χ0n) is 11.5. The summed E-state index contributed by atoms with van der Waals surface area (Å²) in [5.74, 6) is 2.43. The molecule has 4 aromatic rings. The van der Waals surface area contributed by atoms with Crippen LogP contribution < -0.4 is 0 Å². The monoisotopic (exact) mass is 279 g/mol. The molecule has 0 aromatic carbocycles. The summed E-state index contributed by atoms with van der Waals surface area (Å²) in [6.07, 6.45) is 9.92. The van der Waals surface area contributed by atoms with E-state index in [1.54, 1.807) is 6.20 Å². The normalized spacial score (nSPS) is 16.8. The molecule has 5 rings (SSSR count). The Bertz CT molecular complexity index is 944. The second kappa shape index (κ2) is 3.52. The predicted molar refractivity (Wildman–Crippen MR) is 76.0 cm³/mol. The molecule has 4 heterocycles. The quantitative estimate of drug-likeness (QED) is 0.566. The number of imidazole rings is 1. The van der Waals surface area contributed by atoms with Crippen molar-refractivity contribution < 1.29 is 4.42 Å². The summed E-state index contributed by atoms with van der Waals surface area (Å²) in [5.41, 5.74) is 2.05. The van der Waals surface area contributed by atoms with E-state index < -0.39 is 0 Å². The Morgan fingerprint density at radius 2 is 2.10 bits per heavy atom. The molecule has 0 radical (unpaired) electrons. The summed E-state index contributed by atoms with van der Waals surface area (Å²) >= 11 is 0. The van der Waals surface area contributed by atoms with Crippen molar-refractivity contribution in [3.63, 3.8) is 0 Å². The van der Waals surface area contributed by atoms with Crippen molar-refractivity contribution in [2.24, 2.45) is 0 Å². The largest absolute Gasteiger partial charge is 0.423 e. The Morgan fingerprint density at radius 3 is 2.90 bits per heavy atom. The smallest absolute Gasteiger partial charge is 0.306 e. The van der Waals surface area contributed by atoms with Gasteiger partial charge in [-0.1, -0.05) is 6.92 Å². The molecule has 0 amide bonds. The molecule has 6 nitrogen and oxygen atoms in total. The van der Waals surface area contributed by atoms with Crippen molar-refractivity contribution >= 4 is 11.5 Å². The number of pyridine rings is 1. The fraction of sp³-hybridized carbons (Fsp3) is 0.267. The Morgan fingerprint density at radius 1 is 1.19 bits per heavy atom. The van der Waals surface area contributed by atoms with Crippen LogP contribution in [-0.4, -0.2) is 24.0 Å². The van der Waals surface area contributed by atoms with Gasteiger partial charge in [-0.05, 0) is 25.0 Å². The molecule has 1 fully saturated rings. The minimum Gasteiger partial charge on any atom is -0.423 e. The van der Waals surface area contributed by atoms with Gasteiger partial charge in [0.1, 0.15) is 5.82 Å². The molecule has 0 unspecified atom stereocenters. The van der Waals surface area contributed by atoms with E-state index in [9.17, 15) is 0 Å². The lowest BCUT2D eigenvalue weighted by molar-refractivity contribution is 0.609. The van der Waals surface area contributed by atoms with Gasteiger partial charge in [0.25, 0.3) is 0 Å². The van der Waals surface area contributed by atoms with Gasteiger partial charge in [-0.25, -0.2) is 4.98 Å². The molecule has 1 aliphatic rings. The third-order valence-electron chi connectivity index (χ3n) is 4.32. The molecule has 0 bridgehead atoms. The van der Waals surface area contributed by atoms with Crippen LogP contribution in [0.3, 0.4) is 0 Å². The molecule has 4 aromatic heterocycles. The maximum absolute atomic E-state index is 5.76. The number of nitrogens with zero attached hydrogens (tertiary/aromatic N) is 5. The molecule has 6 heteroatoms. The highest BCUT2D eigenvalue weighted by Crippen LogP contribution is 2.46. The molecule has 0 aliphatic heterocycles. The highest BCUT2D eigenvalue weighted by atomic mass is 16.4. The zero-order valence-corrected chi connectivity index (χ0v) is 11.5. The summed E-state index contributed by atoms with van der Waals surface area (Å²) in [4.78, 5) is 4.15. The van der Waals surface area contributed by atoms with Gasteiger partial charge < -0.3 is 4.42 Å². The van der Waals surface area contributed by atoms with Gasteiger partial charge in [0, 0.05) is 29.6 Å². The highest BCUT2D eigenvalue weighted by molar-refractivity contribution is 5.60. The number of fused-ring (bicyclic) bond motifs is 2. The van der Waals surface area contributed by atoms with Gasteiger partial charge in [0.15, 0.2) is 11.4 Å². The van der Waals surface area contributed by atoms with Crippen LogP contribution in [0.25, 0.3) is 22.8 Å². The van der Waals surface area contributed by atoms with E-state index in [2.05, 4.69) is 26.5 Å². The third kappa shape index (κ3) is 1.50. The second-order valence-electron chi connectivity index (χ2n) is 5.94. The number of hydrogen-bond acceptors (Lipinski definition) is 4. The van der Waals surface area contributed by atoms with Gasteiger partial charge in [0.2, 0.25) is 0 Å². The molecule has 104 valence electrons. The summed E-state index contributed by atoms with van der Waals surface area (Å²) < 4.78 is 9.71. The van der Waals surface area contributed by atoms with Gasteiger partial charge in [-0.3, -0.25) is 8.80 Å². The van der Waals surface area contributed by atoms with Gasteiger partial charge in [-0.2, -0.15) is 0 Å². The first kappa shape index (κ1) is 11.1. The first-order valence-corrected chi connectivity index (χ1v) is 7.01. The maximum atomic E-state index is 5.76. The SMILES string of the molecule is CC1(c2nnc3ccc(-c4cn5ccnc5o4)cn23)CC1. The van der Waals surface area contributed by atoms with Gasteiger partial charge in [0.05, 0.1) is 6.20 Å². The number of aromatic nitrogens is 5. The van der Waals surface area contributed by atoms with Crippen molar-refractivity contribution in [2.45, 2.75) is 25.2 Å². The zero-order chi connectivity index (χ0) is 14.0. The average molecular weight is 279 g/mol. The van der Waals surface area contributed by atoms with E-state index in [0.717, 1.165) is 22.8 Å². The minimum atomic E-state index is 0.176. The van der Waals surface area contributed by atoms with Crippen molar-refractivity contribution in [3.05, 3.63) is 42.7 Å². The topological polar surface area (TPSA) is 60.6 Å². The van der Waals surface area contributed by atoms with Crippen LogP contribution in [0.1, 0.15) is 25.6 Å². The lowest BCUT2D eigenvalue weighted by Crippen LogP contribution is -2.06. The van der Waals surface area contributed by atoms with Crippen LogP contribution in [0.2, 0.25) is 0 Å².